The second-order valence-electron chi connectivity index (χ2n) is 8.43. The predicted molar refractivity (Wildman–Crippen MR) is 150 cm³/mol. The molecule has 52 heavy (non-hydrogen) atoms. The van der Waals surface area contributed by atoms with Crippen molar-refractivity contribution in [3.05, 3.63) is 111 Å². The van der Waals surface area contributed by atoms with Crippen LogP contribution in [0.1, 0.15) is 0 Å². The van der Waals surface area contributed by atoms with Gasteiger partial charge in [0.25, 0.3) is 0 Å². The third kappa shape index (κ3) is 22.4. The minimum Gasteiger partial charge on any atom is -0.324 e. The minimum atomic E-state index is -4.94. The van der Waals surface area contributed by atoms with E-state index in [0.717, 1.165) is 0 Å². The third-order valence-electron chi connectivity index (χ3n) is 4.78. The molecule has 26 heteroatoms. The van der Waals surface area contributed by atoms with E-state index in [1.807, 2.05) is 36.4 Å². The van der Waals surface area contributed by atoms with Crippen LogP contribution in [-0.4, -0.2) is 49.8 Å². The Morgan fingerprint density at radius 2 is 0.558 bits per heavy atom. The summed E-state index contributed by atoms with van der Waals surface area (Å²) >= 11 is 0. The van der Waals surface area contributed by atoms with E-state index in [1.165, 1.54) is 0 Å². The summed E-state index contributed by atoms with van der Waals surface area (Å²) in [6.07, 6.45) is 19.4. The van der Waals surface area contributed by atoms with Crippen molar-refractivity contribution < 1.29 is 103 Å². The van der Waals surface area contributed by atoms with Crippen LogP contribution in [0.4, 0.5) is 46.5 Å². The maximum absolute atomic E-state index is 8.49. The van der Waals surface area contributed by atoms with Crippen molar-refractivity contribution in [2.75, 3.05) is 21.3 Å². The topological polar surface area (TPSA) is 361 Å². The molecule has 0 aliphatic carbocycles. The van der Waals surface area contributed by atoms with Crippen LogP contribution in [-0.2, 0) is 44.8 Å². The Labute approximate surface area is 329 Å². The Bertz CT molecular complexity index is 1570. The molecule has 4 N–H and O–H groups in total. The first-order valence-electron chi connectivity index (χ1n) is 13.1. The standard InChI is InChI=1S/2C13H11N7.2Ag.2ClHO4/c2*1-2-10(19-12-8-14-4-6-16-12)18-11(3-1)20-13-9-15-5-7-17-13;;;2*2-1(3,4)5/h2*1-9H,(H2,16,17,18,19,20);;;2*(H,2,3,4,5)/q;;2*+1;;/p-2. The van der Waals surface area contributed by atoms with Gasteiger partial charge in [-0.1, -0.05) is 12.1 Å². The number of hydrogen-bond acceptors (Lipinski definition) is 22. The van der Waals surface area contributed by atoms with Gasteiger partial charge in [0.2, 0.25) is 0 Å². The molecule has 0 unspecified atom stereocenters. The molecule has 0 amide bonds. The molecule has 22 nitrogen and oxygen atoms in total. The molecular weight excluding hydrogens is 923 g/mol. The Hall–Kier alpha value is -4.44. The van der Waals surface area contributed by atoms with Gasteiger partial charge in [-0.3, -0.25) is 19.9 Å². The summed E-state index contributed by atoms with van der Waals surface area (Å²) in [5.41, 5.74) is 0. The van der Waals surface area contributed by atoms with Crippen molar-refractivity contribution in [1.82, 2.24) is 49.8 Å². The zero-order valence-corrected chi connectivity index (χ0v) is 30.0. The number of rotatable bonds is 8. The zero-order chi connectivity index (χ0) is 36.2. The van der Waals surface area contributed by atoms with Gasteiger partial charge in [-0.2, -0.15) is 0 Å². The fourth-order valence-electron chi connectivity index (χ4n) is 3.13. The second kappa shape index (κ2) is 23.9. The van der Waals surface area contributed by atoms with Crippen molar-refractivity contribution in [2.45, 2.75) is 0 Å². The predicted octanol–water partition coefficient (Wildman–Crippen LogP) is -5.22. The van der Waals surface area contributed by atoms with Gasteiger partial charge in [0.15, 0.2) is 0 Å². The van der Waals surface area contributed by atoms with Crippen LogP contribution in [0.15, 0.2) is 111 Å². The SMILES string of the molecule is [Ag+].[Ag+].[O-][Cl+3]([O-])([O-])[O-].[O-][Cl+3]([O-])([O-])[O-].c1cc(Nc2cnccn2)nc(Nc2cnccn2)c1.c1cc(Nc2cnccn2)nc(Nc2cnccn2)c1. The van der Waals surface area contributed by atoms with Gasteiger partial charge in [-0.05, 0) is 24.3 Å². The van der Waals surface area contributed by atoms with Crippen molar-refractivity contribution in [1.29, 1.82) is 0 Å². The van der Waals surface area contributed by atoms with Gasteiger partial charge in [0.1, 0.15) is 46.5 Å². The van der Waals surface area contributed by atoms with E-state index in [9.17, 15) is 0 Å². The van der Waals surface area contributed by atoms with E-state index < -0.39 is 20.5 Å². The number of anilines is 8. The first-order valence-corrected chi connectivity index (χ1v) is 15.6. The molecule has 0 atom stereocenters. The van der Waals surface area contributed by atoms with Crippen molar-refractivity contribution in [3.8, 4) is 0 Å². The first kappa shape index (κ1) is 45.6. The summed E-state index contributed by atoms with van der Waals surface area (Å²) in [5.74, 6) is 5.21. The van der Waals surface area contributed by atoms with Crippen LogP contribution in [0.3, 0.4) is 0 Å². The third-order valence-corrected chi connectivity index (χ3v) is 4.78. The van der Waals surface area contributed by atoms with E-state index in [-0.39, 0.29) is 44.8 Å². The van der Waals surface area contributed by atoms with Crippen LogP contribution in [0, 0.1) is 20.5 Å². The smallest absolute Gasteiger partial charge is 0.324 e. The van der Waals surface area contributed by atoms with E-state index in [2.05, 4.69) is 71.1 Å². The Kier molecular flexibility index (Phi) is 21.0. The van der Waals surface area contributed by atoms with Crippen LogP contribution >= 0.6 is 0 Å². The van der Waals surface area contributed by atoms with Gasteiger partial charge in [0, 0.05) is 49.6 Å². The van der Waals surface area contributed by atoms with Gasteiger partial charge in [-0.25, -0.2) is 67.2 Å². The van der Waals surface area contributed by atoms with E-state index in [1.54, 1.807) is 74.4 Å². The summed E-state index contributed by atoms with van der Waals surface area (Å²) in [7, 11) is -9.89. The van der Waals surface area contributed by atoms with Crippen molar-refractivity contribution in [2.24, 2.45) is 0 Å². The number of pyridine rings is 2. The normalized spacial score (nSPS) is 10.0. The molecule has 0 saturated carbocycles. The number of nitrogens with zero attached hydrogens (tertiary/aromatic N) is 10. The van der Waals surface area contributed by atoms with Crippen LogP contribution in [0.2, 0.25) is 0 Å². The quantitative estimate of drug-likeness (QED) is 0.104. The summed E-state index contributed by atoms with van der Waals surface area (Å²) in [4.78, 5) is 41.3. The molecular formula is C26H22Ag2Cl2N14O8. The molecule has 0 saturated heterocycles. The summed E-state index contributed by atoms with van der Waals surface area (Å²) in [6.45, 7) is 0. The first-order chi connectivity index (χ1) is 23.8. The van der Waals surface area contributed by atoms with Crippen molar-refractivity contribution >= 4 is 46.5 Å². The van der Waals surface area contributed by atoms with Crippen molar-refractivity contribution in [3.63, 3.8) is 0 Å². The maximum atomic E-state index is 8.49. The molecule has 6 rings (SSSR count). The number of hydrogen-bond donors (Lipinski definition) is 4. The molecule has 0 aliphatic heterocycles. The monoisotopic (exact) mass is 942 g/mol. The molecule has 0 aliphatic rings. The molecule has 0 aromatic carbocycles. The molecule has 6 aromatic heterocycles. The van der Waals surface area contributed by atoms with Gasteiger partial charge in [0.05, 0.1) is 24.8 Å². The minimum absolute atomic E-state index is 0. The molecule has 6 aromatic rings. The van der Waals surface area contributed by atoms with Gasteiger partial charge >= 0.3 is 44.8 Å². The van der Waals surface area contributed by atoms with E-state index in [0.29, 0.717) is 46.5 Å². The zero-order valence-electron chi connectivity index (χ0n) is 25.5. The average Bonchev–Trinajstić information content (AvgIpc) is 3.06. The number of halogens is 2. The van der Waals surface area contributed by atoms with Crippen LogP contribution in [0.5, 0.6) is 0 Å². The Balaban J connectivity index is 0.000000402. The van der Waals surface area contributed by atoms with E-state index in [4.69, 9.17) is 37.3 Å². The number of nitrogens with one attached hydrogen (secondary N) is 4. The molecule has 0 bridgehead atoms. The molecule has 280 valence electrons. The molecule has 0 radical (unpaired) electrons. The second-order valence-corrected chi connectivity index (χ2v) is 9.95. The van der Waals surface area contributed by atoms with Crippen LogP contribution < -0.4 is 58.5 Å². The fourth-order valence-corrected chi connectivity index (χ4v) is 3.13. The number of aromatic nitrogens is 10. The molecule has 0 spiro atoms. The summed E-state index contributed by atoms with van der Waals surface area (Å²) in [5, 5.41) is 12.3. The van der Waals surface area contributed by atoms with Crippen LogP contribution in [0.25, 0.3) is 0 Å². The summed E-state index contributed by atoms with van der Waals surface area (Å²) in [6, 6.07) is 11.1. The Morgan fingerprint density at radius 1 is 0.346 bits per heavy atom. The largest absolute Gasteiger partial charge is 1.00 e. The summed E-state index contributed by atoms with van der Waals surface area (Å²) < 4.78 is 67.9. The molecule has 0 fully saturated rings. The maximum Gasteiger partial charge on any atom is 1.00 e. The fraction of sp³-hybridized carbons (Fsp3) is 0. The molecule has 6 heterocycles. The average molecular weight is 945 g/mol. The van der Waals surface area contributed by atoms with E-state index >= 15 is 0 Å². The van der Waals surface area contributed by atoms with Gasteiger partial charge < -0.3 is 21.3 Å². The Morgan fingerprint density at radius 3 is 0.731 bits per heavy atom. The van der Waals surface area contributed by atoms with Gasteiger partial charge in [-0.15, -0.1) is 20.5 Å².